The Labute approximate surface area is 130 Å². The van der Waals surface area contributed by atoms with Gasteiger partial charge >= 0.3 is 0 Å². The molecule has 1 heterocycles. The van der Waals surface area contributed by atoms with E-state index in [2.05, 4.69) is 41.8 Å². The Hall–Kier alpha value is -0.640. The smallest absolute Gasteiger partial charge is 0.141 e. The van der Waals surface area contributed by atoms with Gasteiger partial charge in [-0.25, -0.2) is 0 Å². The zero-order chi connectivity index (χ0) is 14.9. The molecule has 1 aliphatic rings. The molecular weight excluding hydrogens is 316 g/mol. The molecule has 0 saturated heterocycles. The summed E-state index contributed by atoms with van der Waals surface area (Å²) in [5, 5.41) is 4.47. The molecule has 0 radical (unpaired) electrons. The quantitative estimate of drug-likeness (QED) is 0.827. The topological polar surface area (TPSA) is 34.9 Å². The minimum atomic E-state index is 0.245. The maximum Gasteiger partial charge on any atom is 0.141 e. The molecule has 20 heavy (non-hydrogen) atoms. The minimum absolute atomic E-state index is 0.245. The summed E-state index contributed by atoms with van der Waals surface area (Å²) in [6, 6.07) is 0. The second-order valence-electron chi connectivity index (χ2n) is 6.77. The number of hydrogen-bond donors (Lipinski definition) is 0. The summed E-state index contributed by atoms with van der Waals surface area (Å²) in [5.74, 6) is 0.627. The summed E-state index contributed by atoms with van der Waals surface area (Å²) in [6.07, 6.45) is 5.81. The molecule has 4 heteroatoms. The highest BCUT2D eigenvalue weighted by Crippen LogP contribution is 2.38. The average Bonchev–Trinajstić information content (AvgIpc) is 2.66. The lowest BCUT2D eigenvalue weighted by atomic mass is 9.71. The van der Waals surface area contributed by atoms with Crippen LogP contribution in [0.3, 0.4) is 0 Å². The fourth-order valence-electron chi connectivity index (χ4n) is 3.04. The Bertz CT molecular complexity index is 495. The van der Waals surface area contributed by atoms with Crippen LogP contribution >= 0.6 is 15.9 Å². The number of aromatic nitrogens is 2. The minimum Gasteiger partial charge on any atom is -0.299 e. The Morgan fingerprint density at radius 2 is 2.00 bits per heavy atom. The van der Waals surface area contributed by atoms with E-state index < -0.39 is 0 Å². The predicted molar refractivity (Wildman–Crippen MR) is 84.7 cm³/mol. The summed E-state index contributed by atoms with van der Waals surface area (Å²) in [6.45, 7) is 6.69. The number of Topliss-reactive ketones (excluding diaryl/α,β-unsaturated/α-hetero) is 1. The van der Waals surface area contributed by atoms with E-state index in [1.165, 1.54) is 0 Å². The lowest BCUT2D eigenvalue weighted by Gasteiger charge is -2.33. The van der Waals surface area contributed by atoms with Crippen molar-refractivity contribution >= 4 is 21.7 Å². The highest BCUT2D eigenvalue weighted by molar-refractivity contribution is 9.10. The molecule has 1 aromatic rings. The normalized spacial score (nSPS) is 19.2. The third-order valence-corrected chi connectivity index (χ3v) is 5.55. The third kappa shape index (κ3) is 3.33. The summed E-state index contributed by atoms with van der Waals surface area (Å²) in [5.41, 5.74) is 2.48. The van der Waals surface area contributed by atoms with Crippen LogP contribution in [0.4, 0.5) is 0 Å². The van der Waals surface area contributed by atoms with Crippen LogP contribution in [0.5, 0.6) is 0 Å². The van der Waals surface area contributed by atoms with Gasteiger partial charge in [0.25, 0.3) is 0 Å². The molecule has 0 atom stereocenters. The van der Waals surface area contributed by atoms with Crippen LogP contribution in [-0.4, -0.2) is 15.6 Å². The van der Waals surface area contributed by atoms with Crippen molar-refractivity contribution in [2.45, 2.75) is 59.3 Å². The van der Waals surface area contributed by atoms with E-state index in [0.717, 1.165) is 48.0 Å². The van der Waals surface area contributed by atoms with Gasteiger partial charge in [-0.1, -0.05) is 20.8 Å². The van der Waals surface area contributed by atoms with Gasteiger partial charge in [-0.2, -0.15) is 5.10 Å². The molecular formula is C16H25BrN2O. The van der Waals surface area contributed by atoms with Gasteiger partial charge in [-0.3, -0.25) is 9.48 Å². The number of rotatable bonds is 4. The number of carbonyl (C=O) groups is 1. The highest BCUT2D eigenvalue weighted by atomic mass is 79.9. The lowest BCUT2D eigenvalue weighted by molar-refractivity contribution is -0.123. The number of nitrogens with zero attached hydrogens (tertiary/aromatic N) is 2. The van der Waals surface area contributed by atoms with Crippen molar-refractivity contribution in [1.29, 1.82) is 0 Å². The van der Waals surface area contributed by atoms with Gasteiger partial charge < -0.3 is 0 Å². The molecule has 1 aromatic heterocycles. The van der Waals surface area contributed by atoms with Gasteiger partial charge in [-0.05, 0) is 53.4 Å². The average molecular weight is 341 g/mol. The molecule has 112 valence electrons. The molecule has 1 fully saturated rings. The van der Waals surface area contributed by atoms with Gasteiger partial charge in [0.05, 0.1) is 15.9 Å². The van der Waals surface area contributed by atoms with Crippen molar-refractivity contribution in [1.82, 2.24) is 9.78 Å². The second kappa shape index (κ2) is 6.00. The van der Waals surface area contributed by atoms with Crippen molar-refractivity contribution in [2.24, 2.45) is 18.4 Å². The van der Waals surface area contributed by atoms with Crippen molar-refractivity contribution in [3.05, 3.63) is 15.9 Å². The molecule has 0 bridgehead atoms. The van der Waals surface area contributed by atoms with Crippen LogP contribution in [0.25, 0.3) is 0 Å². The van der Waals surface area contributed by atoms with E-state index in [9.17, 15) is 4.79 Å². The summed E-state index contributed by atoms with van der Waals surface area (Å²) in [7, 11) is 1.93. The van der Waals surface area contributed by atoms with Gasteiger partial charge in [0.2, 0.25) is 0 Å². The largest absolute Gasteiger partial charge is 0.299 e. The highest BCUT2D eigenvalue weighted by Gasteiger charge is 2.31. The zero-order valence-electron chi connectivity index (χ0n) is 13.0. The molecule has 2 rings (SSSR count). The first kappa shape index (κ1) is 15.7. The zero-order valence-corrected chi connectivity index (χ0v) is 14.6. The second-order valence-corrected chi connectivity index (χ2v) is 7.56. The van der Waals surface area contributed by atoms with E-state index in [-0.39, 0.29) is 5.92 Å². The Balaban J connectivity index is 2.04. The molecule has 0 aliphatic heterocycles. The molecule has 3 nitrogen and oxygen atoms in total. The van der Waals surface area contributed by atoms with Crippen LogP contribution in [0.2, 0.25) is 0 Å². The summed E-state index contributed by atoms with van der Waals surface area (Å²) < 4.78 is 2.88. The Morgan fingerprint density at radius 3 is 2.50 bits per heavy atom. The molecule has 1 saturated carbocycles. The maximum absolute atomic E-state index is 12.5. The molecule has 0 spiro atoms. The fourth-order valence-corrected chi connectivity index (χ4v) is 3.80. The first-order valence-electron chi connectivity index (χ1n) is 7.57. The monoisotopic (exact) mass is 340 g/mol. The number of aryl methyl sites for hydroxylation is 2. The number of ketones is 1. The van der Waals surface area contributed by atoms with E-state index >= 15 is 0 Å². The van der Waals surface area contributed by atoms with E-state index in [0.29, 0.717) is 17.6 Å². The number of halogens is 1. The van der Waals surface area contributed by atoms with Gasteiger partial charge in [0.1, 0.15) is 5.78 Å². The van der Waals surface area contributed by atoms with E-state index in [4.69, 9.17) is 0 Å². The van der Waals surface area contributed by atoms with Gasteiger partial charge in [0, 0.05) is 19.4 Å². The van der Waals surface area contributed by atoms with Crippen LogP contribution in [0, 0.1) is 11.3 Å². The standard InChI is InChI=1S/C16H25BrN2O/c1-5-12-15(17)13(19(4)18-12)10-14(20)11-6-8-16(2,3)9-7-11/h11H,5-10H2,1-4H3. The third-order valence-electron chi connectivity index (χ3n) is 4.64. The number of carbonyl (C=O) groups excluding carboxylic acids is 1. The summed E-state index contributed by atoms with van der Waals surface area (Å²) >= 11 is 3.60. The Kier molecular flexibility index (Phi) is 4.73. The molecule has 0 amide bonds. The lowest BCUT2D eigenvalue weighted by Crippen LogP contribution is -2.27. The maximum atomic E-state index is 12.5. The van der Waals surface area contributed by atoms with Crippen molar-refractivity contribution in [2.75, 3.05) is 0 Å². The van der Waals surface area contributed by atoms with Gasteiger partial charge in [-0.15, -0.1) is 0 Å². The molecule has 0 N–H and O–H groups in total. The first-order valence-corrected chi connectivity index (χ1v) is 8.36. The molecule has 1 aliphatic carbocycles. The van der Waals surface area contributed by atoms with Crippen molar-refractivity contribution in [3.8, 4) is 0 Å². The van der Waals surface area contributed by atoms with Crippen molar-refractivity contribution in [3.63, 3.8) is 0 Å². The van der Waals surface area contributed by atoms with E-state index in [1.807, 2.05) is 11.7 Å². The first-order chi connectivity index (χ1) is 9.34. The Morgan fingerprint density at radius 1 is 1.40 bits per heavy atom. The fraction of sp³-hybridized carbons (Fsp3) is 0.750. The van der Waals surface area contributed by atoms with Gasteiger partial charge in [0.15, 0.2) is 0 Å². The van der Waals surface area contributed by atoms with Crippen molar-refractivity contribution < 1.29 is 4.79 Å². The van der Waals surface area contributed by atoms with Crippen LogP contribution in [0.15, 0.2) is 4.47 Å². The summed E-state index contributed by atoms with van der Waals surface area (Å²) in [4.78, 5) is 12.5. The predicted octanol–water partition coefficient (Wildman–Crippen LogP) is 4.07. The molecule has 0 aromatic carbocycles. The van der Waals surface area contributed by atoms with Crippen LogP contribution in [-0.2, 0) is 24.7 Å². The number of hydrogen-bond acceptors (Lipinski definition) is 2. The van der Waals surface area contributed by atoms with Crippen LogP contribution in [0.1, 0.15) is 57.8 Å². The molecule has 0 unspecified atom stereocenters. The van der Waals surface area contributed by atoms with Crippen LogP contribution < -0.4 is 0 Å². The SMILES string of the molecule is CCc1nn(C)c(CC(=O)C2CCC(C)(C)CC2)c1Br. The van der Waals surface area contributed by atoms with E-state index in [1.54, 1.807) is 0 Å².